The van der Waals surface area contributed by atoms with Crippen molar-refractivity contribution in [1.29, 1.82) is 0 Å². The number of para-hydroxylation sites is 2. The Labute approximate surface area is 104 Å². The summed E-state index contributed by atoms with van der Waals surface area (Å²) in [5.74, 6) is 0.690. The van der Waals surface area contributed by atoms with Crippen molar-refractivity contribution in [3.8, 4) is 23.0 Å². The van der Waals surface area contributed by atoms with E-state index < -0.39 is 0 Å². The zero-order chi connectivity index (χ0) is 12.5. The molecule has 4 nitrogen and oxygen atoms in total. The summed E-state index contributed by atoms with van der Waals surface area (Å²) in [6, 6.07) is 10.4. The van der Waals surface area contributed by atoms with Crippen LogP contribution in [0.4, 0.5) is 0 Å². The van der Waals surface area contributed by atoms with Crippen molar-refractivity contribution in [1.82, 2.24) is 0 Å². The fraction of sp³-hybridized carbons (Fsp3) is 0.143. The molecule has 92 valence electrons. The molecule has 1 aliphatic heterocycles. The summed E-state index contributed by atoms with van der Waals surface area (Å²) >= 11 is 0. The van der Waals surface area contributed by atoms with Gasteiger partial charge in [-0.15, -0.1) is 0 Å². The molecule has 0 unspecified atom stereocenters. The molecule has 18 heavy (non-hydrogen) atoms. The van der Waals surface area contributed by atoms with E-state index in [1.54, 1.807) is 12.1 Å². The van der Waals surface area contributed by atoms with E-state index in [2.05, 4.69) is 0 Å². The van der Waals surface area contributed by atoms with Gasteiger partial charge in [0.05, 0.1) is 0 Å². The molecule has 0 saturated carbocycles. The van der Waals surface area contributed by atoms with Gasteiger partial charge < -0.3 is 10.2 Å². The number of aryl methyl sites for hydroxylation is 2. The smallest absolute Gasteiger partial charge is 0.223 e. The van der Waals surface area contributed by atoms with Gasteiger partial charge in [-0.3, -0.25) is 9.78 Å². The maximum atomic E-state index is 9.72. The third-order valence-electron chi connectivity index (χ3n) is 3.02. The first kappa shape index (κ1) is 10.8. The molecule has 0 radical (unpaired) electrons. The number of hydrogen-bond donors (Lipinski definition) is 2. The Hall–Kier alpha value is -2.36. The van der Waals surface area contributed by atoms with Crippen molar-refractivity contribution in [2.45, 2.75) is 12.8 Å². The van der Waals surface area contributed by atoms with Crippen LogP contribution in [0, 0.1) is 0 Å². The highest BCUT2D eigenvalue weighted by molar-refractivity contribution is 5.50. The van der Waals surface area contributed by atoms with Crippen LogP contribution in [0.25, 0.3) is 0 Å². The van der Waals surface area contributed by atoms with Crippen molar-refractivity contribution in [3.63, 3.8) is 0 Å². The highest BCUT2D eigenvalue weighted by atomic mass is 17.2. The molecule has 2 aromatic carbocycles. The second-order valence-corrected chi connectivity index (χ2v) is 4.20. The van der Waals surface area contributed by atoms with Gasteiger partial charge in [0.1, 0.15) is 0 Å². The predicted octanol–water partition coefficient (Wildman–Crippen LogP) is 2.57. The van der Waals surface area contributed by atoms with E-state index in [-0.39, 0.29) is 11.5 Å². The lowest BCUT2D eigenvalue weighted by molar-refractivity contribution is -0.106. The highest BCUT2D eigenvalue weighted by Crippen LogP contribution is 2.37. The molecular weight excluding hydrogens is 232 g/mol. The van der Waals surface area contributed by atoms with E-state index in [0.717, 1.165) is 11.1 Å². The summed E-state index contributed by atoms with van der Waals surface area (Å²) in [5, 5.41) is 19.4. The molecule has 0 spiro atoms. The van der Waals surface area contributed by atoms with Crippen LogP contribution in [0.2, 0.25) is 0 Å². The minimum absolute atomic E-state index is 0.0337. The molecule has 1 aliphatic rings. The lowest BCUT2D eigenvalue weighted by Gasteiger charge is -2.17. The number of hydrogen-bond acceptors (Lipinski definition) is 4. The summed E-state index contributed by atoms with van der Waals surface area (Å²) in [6.45, 7) is 0. The minimum Gasteiger partial charge on any atom is -0.504 e. The summed E-state index contributed by atoms with van der Waals surface area (Å²) in [5.41, 5.74) is 1.76. The Bertz CT molecular complexity index is 539. The molecule has 0 bridgehead atoms. The molecule has 0 aliphatic carbocycles. The van der Waals surface area contributed by atoms with E-state index in [9.17, 15) is 10.2 Å². The second kappa shape index (κ2) is 4.14. The average molecular weight is 244 g/mol. The number of rotatable bonds is 0. The van der Waals surface area contributed by atoms with Gasteiger partial charge >= 0.3 is 0 Å². The standard InChI is InChI=1S/C14H12O4/c15-11-5-1-3-9-7-8-10-4-2-6-12(16)14(10)18-17-13(9)11/h1-6,15-16H,7-8H2. The number of aromatic hydroxyl groups is 2. The number of phenolic OH excluding ortho intramolecular Hbond substituents is 2. The van der Waals surface area contributed by atoms with Crippen molar-refractivity contribution in [2.75, 3.05) is 0 Å². The Morgan fingerprint density at radius 3 is 1.61 bits per heavy atom. The van der Waals surface area contributed by atoms with Crippen LogP contribution >= 0.6 is 0 Å². The number of phenols is 2. The Morgan fingerprint density at radius 1 is 0.722 bits per heavy atom. The van der Waals surface area contributed by atoms with Gasteiger partial charge in [-0.2, -0.15) is 0 Å². The molecule has 0 aromatic heterocycles. The van der Waals surface area contributed by atoms with E-state index in [1.807, 2.05) is 12.1 Å². The quantitative estimate of drug-likeness (QED) is 0.699. The third kappa shape index (κ3) is 1.72. The summed E-state index contributed by atoms with van der Waals surface area (Å²) < 4.78 is 0. The van der Waals surface area contributed by atoms with Crippen LogP contribution in [-0.2, 0) is 12.8 Å². The van der Waals surface area contributed by atoms with Gasteiger partial charge in [0, 0.05) is 11.1 Å². The molecule has 0 amide bonds. The first-order valence-corrected chi connectivity index (χ1v) is 5.72. The Morgan fingerprint density at radius 2 is 1.17 bits per heavy atom. The first-order chi connectivity index (χ1) is 8.75. The fourth-order valence-corrected chi connectivity index (χ4v) is 2.08. The fourth-order valence-electron chi connectivity index (χ4n) is 2.08. The molecule has 0 fully saturated rings. The zero-order valence-electron chi connectivity index (χ0n) is 9.59. The molecule has 2 N–H and O–H groups in total. The van der Waals surface area contributed by atoms with E-state index in [4.69, 9.17) is 9.78 Å². The first-order valence-electron chi connectivity index (χ1n) is 5.72. The third-order valence-corrected chi connectivity index (χ3v) is 3.02. The van der Waals surface area contributed by atoms with Gasteiger partial charge in [0.25, 0.3) is 0 Å². The highest BCUT2D eigenvalue weighted by Gasteiger charge is 2.19. The molecule has 2 aromatic rings. The van der Waals surface area contributed by atoms with E-state index >= 15 is 0 Å². The number of fused-ring (bicyclic) bond motifs is 2. The minimum atomic E-state index is 0.0337. The zero-order valence-corrected chi connectivity index (χ0v) is 9.59. The maximum Gasteiger partial charge on any atom is 0.223 e. The largest absolute Gasteiger partial charge is 0.504 e. The Balaban J connectivity index is 2.03. The van der Waals surface area contributed by atoms with E-state index in [0.29, 0.717) is 24.3 Å². The van der Waals surface area contributed by atoms with Crippen LogP contribution in [0.1, 0.15) is 11.1 Å². The summed E-state index contributed by atoms with van der Waals surface area (Å²) in [7, 11) is 0. The van der Waals surface area contributed by atoms with Crippen molar-refractivity contribution < 1.29 is 20.0 Å². The van der Waals surface area contributed by atoms with Crippen LogP contribution in [0.5, 0.6) is 23.0 Å². The second-order valence-electron chi connectivity index (χ2n) is 4.20. The molecule has 4 heteroatoms. The van der Waals surface area contributed by atoms with Crippen molar-refractivity contribution in [3.05, 3.63) is 47.5 Å². The topological polar surface area (TPSA) is 58.9 Å². The van der Waals surface area contributed by atoms with Gasteiger partial charge in [-0.1, -0.05) is 24.3 Å². The van der Waals surface area contributed by atoms with Gasteiger partial charge in [0.15, 0.2) is 11.5 Å². The van der Waals surface area contributed by atoms with Crippen LogP contribution in [0.3, 0.4) is 0 Å². The average Bonchev–Trinajstić information content (AvgIpc) is 2.33. The lowest BCUT2D eigenvalue weighted by atomic mass is 10.0. The van der Waals surface area contributed by atoms with Gasteiger partial charge in [-0.05, 0) is 25.0 Å². The lowest BCUT2D eigenvalue weighted by Crippen LogP contribution is -2.09. The monoisotopic (exact) mass is 244 g/mol. The summed E-state index contributed by atoms with van der Waals surface area (Å²) in [4.78, 5) is 10.3. The molecule has 1 heterocycles. The SMILES string of the molecule is Oc1cccc2c1OOc1c(O)cccc1CC2. The normalized spacial score (nSPS) is 13.3. The van der Waals surface area contributed by atoms with Crippen molar-refractivity contribution in [2.24, 2.45) is 0 Å². The van der Waals surface area contributed by atoms with Gasteiger partial charge in [-0.25, -0.2) is 0 Å². The van der Waals surface area contributed by atoms with Crippen LogP contribution in [-0.4, -0.2) is 10.2 Å². The Kier molecular flexibility index (Phi) is 2.48. The summed E-state index contributed by atoms with van der Waals surface area (Å²) in [6.07, 6.45) is 1.42. The predicted molar refractivity (Wildman–Crippen MR) is 64.9 cm³/mol. The maximum absolute atomic E-state index is 9.72. The number of benzene rings is 2. The van der Waals surface area contributed by atoms with Crippen LogP contribution in [0.15, 0.2) is 36.4 Å². The molecular formula is C14H12O4. The molecule has 0 atom stereocenters. The van der Waals surface area contributed by atoms with E-state index in [1.165, 1.54) is 12.1 Å². The molecule has 3 rings (SSSR count). The van der Waals surface area contributed by atoms with Crippen molar-refractivity contribution >= 4 is 0 Å². The van der Waals surface area contributed by atoms with Crippen LogP contribution < -0.4 is 9.78 Å². The van der Waals surface area contributed by atoms with Gasteiger partial charge in [0.2, 0.25) is 11.5 Å². The molecule has 0 saturated heterocycles.